The Bertz CT molecular complexity index is 1180. The van der Waals surface area contributed by atoms with Gasteiger partial charge in [0.1, 0.15) is 12.3 Å². The minimum Gasteiger partial charge on any atom is -0.496 e. The van der Waals surface area contributed by atoms with E-state index in [1.165, 1.54) is 23.2 Å². The Morgan fingerprint density at radius 3 is 2.61 bits per heavy atom. The number of carbonyl (C=O) groups excluding carboxylic acids is 1. The lowest BCUT2D eigenvalue weighted by molar-refractivity contribution is -0.122. The number of amides is 1. The van der Waals surface area contributed by atoms with Crippen LogP contribution in [0.4, 0.5) is 0 Å². The first-order chi connectivity index (χ1) is 13.3. The standard InChI is InChI=1S/C18H20ClN5O4/c1-10(11-7-5-6-8-12(11)28-4)20-13(25)9-24-14-15(21-17(24)19)22(2)18(27)23(3)16(14)26/h5-8,10H,9H2,1-4H3,(H,20,25). The normalized spacial score (nSPS) is 12.2. The summed E-state index contributed by atoms with van der Waals surface area (Å²) in [6, 6.07) is 7.03. The van der Waals surface area contributed by atoms with Gasteiger partial charge in [-0.3, -0.25) is 23.3 Å². The maximum absolute atomic E-state index is 12.6. The Labute approximate surface area is 165 Å². The molecule has 1 unspecified atom stereocenters. The van der Waals surface area contributed by atoms with Crippen LogP contribution in [-0.4, -0.2) is 31.7 Å². The van der Waals surface area contributed by atoms with Crippen LogP contribution in [0.2, 0.25) is 5.28 Å². The zero-order chi connectivity index (χ0) is 20.6. The van der Waals surface area contributed by atoms with Crippen molar-refractivity contribution in [1.82, 2.24) is 24.0 Å². The summed E-state index contributed by atoms with van der Waals surface area (Å²) in [5, 5.41) is 2.81. The number of aromatic nitrogens is 4. The fraction of sp³-hybridized carbons (Fsp3) is 0.333. The van der Waals surface area contributed by atoms with E-state index in [0.29, 0.717) is 5.75 Å². The van der Waals surface area contributed by atoms with Gasteiger partial charge in [0.2, 0.25) is 11.2 Å². The van der Waals surface area contributed by atoms with E-state index in [9.17, 15) is 14.4 Å². The highest BCUT2D eigenvalue weighted by Gasteiger charge is 2.21. The molecule has 1 amide bonds. The molecular formula is C18H20ClN5O4. The third-order valence-corrected chi connectivity index (χ3v) is 4.87. The molecule has 3 aromatic rings. The molecule has 3 rings (SSSR count). The van der Waals surface area contributed by atoms with Crippen LogP contribution in [0.3, 0.4) is 0 Å². The lowest BCUT2D eigenvalue weighted by Gasteiger charge is -2.17. The maximum atomic E-state index is 12.6. The minimum atomic E-state index is -0.567. The fourth-order valence-electron chi connectivity index (χ4n) is 3.10. The topological polar surface area (TPSA) is 100 Å². The number of nitrogens with zero attached hydrogens (tertiary/aromatic N) is 4. The average molecular weight is 406 g/mol. The molecule has 0 radical (unpaired) electrons. The molecule has 1 aromatic carbocycles. The van der Waals surface area contributed by atoms with E-state index in [2.05, 4.69) is 10.3 Å². The Balaban J connectivity index is 1.93. The van der Waals surface area contributed by atoms with Crippen LogP contribution in [0.5, 0.6) is 5.75 Å². The highest BCUT2D eigenvalue weighted by Crippen LogP contribution is 2.24. The molecule has 0 bridgehead atoms. The van der Waals surface area contributed by atoms with Gasteiger partial charge >= 0.3 is 5.69 Å². The molecular weight excluding hydrogens is 386 g/mol. The molecule has 10 heteroatoms. The van der Waals surface area contributed by atoms with Gasteiger partial charge in [-0.1, -0.05) is 18.2 Å². The van der Waals surface area contributed by atoms with Crippen molar-refractivity contribution in [3.8, 4) is 5.75 Å². The smallest absolute Gasteiger partial charge is 0.332 e. The van der Waals surface area contributed by atoms with Gasteiger partial charge in [-0.05, 0) is 24.6 Å². The lowest BCUT2D eigenvalue weighted by Crippen LogP contribution is -2.38. The molecule has 0 saturated heterocycles. The molecule has 1 N–H and O–H groups in total. The van der Waals surface area contributed by atoms with Crippen molar-refractivity contribution in [2.24, 2.45) is 14.1 Å². The number of nitrogens with one attached hydrogen (secondary N) is 1. The van der Waals surface area contributed by atoms with E-state index >= 15 is 0 Å². The number of hydrogen-bond donors (Lipinski definition) is 1. The first-order valence-electron chi connectivity index (χ1n) is 8.50. The van der Waals surface area contributed by atoms with Crippen molar-refractivity contribution >= 4 is 28.7 Å². The summed E-state index contributed by atoms with van der Waals surface area (Å²) in [6.45, 7) is 1.61. The number of imidazole rings is 1. The summed E-state index contributed by atoms with van der Waals surface area (Å²) < 4.78 is 8.78. The molecule has 0 saturated carbocycles. The van der Waals surface area contributed by atoms with Crippen molar-refractivity contribution in [2.45, 2.75) is 19.5 Å². The molecule has 0 aliphatic heterocycles. The van der Waals surface area contributed by atoms with E-state index in [1.54, 1.807) is 7.11 Å². The number of fused-ring (bicyclic) bond motifs is 1. The van der Waals surface area contributed by atoms with Crippen LogP contribution in [0.1, 0.15) is 18.5 Å². The Morgan fingerprint density at radius 2 is 1.93 bits per heavy atom. The molecule has 2 heterocycles. The quantitative estimate of drug-likeness (QED) is 0.637. The molecule has 0 aliphatic carbocycles. The third-order valence-electron chi connectivity index (χ3n) is 4.59. The number of aryl methyl sites for hydroxylation is 1. The monoisotopic (exact) mass is 405 g/mol. The number of hydrogen-bond acceptors (Lipinski definition) is 5. The molecule has 28 heavy (non-hydrogen) atoms. The summed E-state index contributed by atoms with van der Waals surface area (Å²) >= 11 is 6.15. The van der Waals surface area contributed by atoms with Gasteiger partial charge in [-0.25, -0.2) is 4.79 Å². The van der Waals surface area contributed by atoms with Gasteiger partial charge in [0.25, 0.3) is 5.56 Å². The predicted molar refractivity (Wildman–Crippen MR) is 105 cm³/mol. The second-order valence-corrected chi connectivity index (χ2v) is 6.71. The fourth-order valence-corrected chi connectivity index (χ4v) is 3.32. The van der Waals surface area contributed by atoms with Crippen LogP contribution in [0.15, 0.2) is 33.9 Å². The van der Waals surface area contributed by atoms with Crippen molar-refractivity contribution in [1.29, 1.82) is 0 Å². The van der Waals surface area contributed by atoms with Gasteiger partial charge in [0.15, 0.2) is 11.2 Å². The molecule has 9 nitrogen and oxygen atoms in total. The van der Waals surface area contributed by atoms with Gasteiger partial charge in [-0.2, -0.15) is 4.98 Å². The maximum Gasteiger partial charge on any atom is 0.332 e. The number of methoxy groups -OCH3 is 1. The summed E-state index contributed by atoms with van der Waals surface area (Å²) in [5.74, 6) is 0.292. The predicted octanol–water partition coefficient (Wildman–Crippen LogP) is 0.973. The third kappa shape index (κ3) is 3.29. The van der Waals surface area contributed by atoms with Crippen molar-refractivity contribution in [3.63, 3.8) is 0 Å². The van der Waals surface area contributed by atoms with E-state index in [-0.39, 0.29) is 34.9 Å². The summed E-state index contributed by atoms with van der Waals surface area (Å²) in [7, 11) is 4.41. The van der Waals surface area contributed by atoms with Crippen molar-refractivity contribution < 1.29 is 9.53 Å². The Hall–Kier alpha value is -3.07. The van der Waals surface area contributed by atoms with Gasteiger partial charge in [-0.15, -0.1) is 0 Å². The molecule has 0 fully saturated rings. The van der Waals surface area contributed by atoms with Gasteiger partial charge in [0, 0.05) is 19.7 Å². The zero-order valence-corrected chi connectivity index (χ0v) is 16.6. The highest BCUT2D eigenvalue weighted by atomic mass is 35.5. The Kier molecular flexibility index (Phi) is 5.28. The molecule has 2 aromatic heterocycles. The van der Waals surface area contributed by atoms with Crippen LogP contribution >= 0.6 is 11.6 Å². The number of carbonyl (C=O) groups is 1. The number of rotatable bonds is 5. The first kappa shape index (κ1) is 19.7. The molecule has 0 spiro atoms. The van der Waals surface area contributed by atoms with Crippen LogP contribution in [0.25, 0.3) is 11.2 Å². The minimum absolute atomic E-state index is 0.0478. The van der Waals surface area contributed by atoms with E-state index in [4.69, 9.17) is 16.3 Å². The van der Waals surface area contributed by atoms with Gasteiger partial charge in [0.05, 0.1) is 13.2 Å². The number of benzene rings is 1. The summed E-state index contributed by atoms with van der Waals surface area (Å²) in [5.41, 5.74) is -0.0484. The number of ether oxygens (including phenoxy) is 1. The van der Waals surface area contributed by atoms with Crippen LogP contribution < -0.4 is 21.3 Å². The van der Waals surface area contributed by atoms with Crippen molar-refractivity contribution in [3.05, 3.63) is 56.0 Å². The van der Waals surface area contributed by atoms with E-state index in [1.807, 2.05) is 31.2 Å². The summed E-state index contributed by atoms with van der Waals surface area (Å²) in [6.07, 6.45) is 0. The second kappa shape index (κ2) is 7.51. The van der Waals surface area contributed by atoms with E-state index < -0.39 is 11.2 Å². The SMILES string of the molecule is COc1ccccc1C(C)NC(=O)Cn1c(Cl)nc2c1c(=O)n(C)c(=O)n2C. The number of halogens is 1. The second-order valence-electron chi connectivity index (χ2n) is 6.38. The van der Waals surface area contributed by atoms with Crippen molar-refractivity contribution in [2.75, 3.05) is 7.11 Å². The zero-order valence-electron chi connectivity index (χ0n) is 15.9. The van der Waals surface area contributed by atoms with Gasteiger partial charge < -0.3 is 10.1 Å². The van der Waals surface area contributed by atoms with Crippen LogP contribution in [0, 0.1) is 0 Å². The number of para-hydroxylation sites is 1. The average Bonchev–Trinajstić information content (AvgIpc) is 3.00. The molecule has 1 atom stereocenters. The van der Waals surface area contributed by atoms with E-state index in [0.717, 1.165) is 10.1 Å². The largest absolute Gasteiger partial charge is 0.496 e. The Morgan fingerprint density at radius 1 is 1.25 bits per heavy atom. The lowest BCUT2D eigenvalue weighted by atomic mass is 10.1. The van der Waals surface area contributed by atoms with Crippen LogP contribution in [-0.2, 0) is 25.4 Å². The summed E-state index contributed by atoms with van der Waals surface area (Å²) in [4.78, 5) is 41.2. The first-order valence-corrected chi connectivity index (χ1v) is 8.88. The molecule has 0 aliphatic rings. The molecule has 148 valence electrons. The highest BCUT2D eigenvalue weighted by molar-refractivity contribution is 6.29.